The summed E-state index contributed by atoms with van der Waals surface area (Å²) in [6, 6.07) is 24.4. The molecular weight excluding hydrogens is 358 g/mol. The highest BCUT2D eigenvalue weighted by Gasteiger charge is 2.14. The summed E-state index contributed by atoms with van der Waals surface area (Å²) in [5.41, 5.74) is 4.72. The highest BCUT2D eigenvalue weighted by Crippen LogP contribution is 2.23. The SMILES string of the molecule is Cc1nn(Cc2cccc3ccccc23)c(C)c1NC(=O)/C=C/c1ccccc1. The molecule has 1 heterocycles. The quantitative estimate of drug-likeness (QED) is 0.474. The lowest BCUT2D eigenvalue weighted by Crippen LogP contribution is -2.10. The fourth-order valence-corrected chi connectivity index (χ4v) is 3.52. The van der Waals surface area contributed by atoms with Crippen LogP contribution in [0.3, 0.4) is 0 Å². The fourth-order valence-electron chi connectivity index (χ4n) is 3.52. The third-order valence-corrected chi connectivity index (χ3v) is 5.06. The first-order valence-corrected chi connectivity index (χ1v) is 9.66. The van der Waals surface area contributed by atoms with Gasteiger partial charge < -0.3 is 5.32 Å². The summed E-state index contributed by atoms with van der Waals surface area (Å²) in [4.78, 5) is 12.4. The van der Waals surface area contributed by atoms with Gasteiger partial charge in [0.15, 0.2) is 0 Å². The highest BCUT2D eigenvalue weighted by atomic mass is 16.1. The van der Waals surface area contributed by atoms with Crippen LogP contribution < -0.4 is 5.32 Å². The molecule has 0 radical (unpaired) electrons. The van der Waals surface area contributed by atoms with E-state index in [4.69, 9.17) is 0 Å². The van der Waals surface area contributed by atoms with Crippen molar-refractivity contribution in [2.75, 3.05) is 5.32 Å². The zero-order valence-corrected chi connectivity index (χ0v) is 16.6. The van der Waals surface area contributed by atoms with Gasteiger partial charge in [0, 0.05) is 6.08 Å². The van der Waals surface area contributed by atoms with E-state index in [0.717, 1.165) is 22.6 Å². The van der Waals surface area contributed by atoms with Crippen LogP contribution >= 0.6 is 0 Å². The molecule has 0 aliphatic rings. The average Bonchev–Trinajstić information content (AvgIpc) is 3.01. The number of aryl methyl sites for hydroxylation is 1. The van der Waals surface area contributed by atoms with E-state index in [2.05, 4.69) is 46.8 Å². The number of hydrogen-bond acceptors (Lipinski definition) is 2. The molecule has 0 atom stereocenters. The molecule has 29 heavy (non-hydrogen) atoms. The molecule has 1 aromatic heterocycles. The number of amides is 1. The Morgan fingerprint density at radius 3 is 2.52 bits per heavy atom. The van der Waals surface area contributed by atoms with E-state index in [9.17, 15) is 4.79 Å². The Morgan fingerprint density at radius 2 is 1.69 bits per heavy atom. The van der Waals surface area contributed by atoms with Crippen molar-refractivity contribution in [3.63, 3.8) is 0 Å². The van der Waals surface area contributed by atoms with Crippen LogP contribution in [0.15, 0.2) is 78.9 Å². The van der Waals surface area contributed by atoms with Gasteiger partial charge in [-0.1, -0.05) is 72.8 Å². The standard InChI is InChI=1S/C25H23N3O/c1-18-25(26-24(29)16-15-20-9-4-3-5-10-20)19(2)28(27-18)17-22-13-8-12-21-11-6-7-14-23(21)22/h3-16H,17H2,1-2H3,(H,26,29)/b16-15+. The number of anilines is 1. The molecule has 0 aliphatic heterocycles. The molecule has 1 N–H and O–H groups in total. The van der Waals surface area contributed by atoms with Crippen molar-refractivity contribution < 1.29 is 4.79 Å². The molecule has 0 unspecified atom stereocenters. The largest absolute Gasteiger partial charge is 0.319 e. The number of benzene rings is 3. The topological polar surface area (TPSA) is 46.9 Å². The number of fused-ring (bicyclic) bond motifs is 1. The first-order valence-electron chi connectivity index (χ1n) is 9.66. The summed E-state index contributed by atoms with van der Waals surface area (Å²) in [6.07, 6.45) is 3.36. The summed E-state index contributed by atoms with van der Waals surface area (Å²) >= 11 is 0. The van der Waals surface area contributed by atoms with Gasteiger partial charge in [0.25, 0.3) is 0 Å². The van der Waals surface area contributed by atoms with Crippen molar-refractivity contribution in [1.82, 2.24) is 9.78 Å². The third kappa shape index (κ3) is 4.11. The van der Waals surface area contributed by atoms with Gasteiger partial charge in [0.05, 0.1) is 23.6 Å². The lowest BCUT2D eigenvalue weighted by molar-refractivity contribution is -0.111. The minimum absolute atomic E-state index is 0.162. The first kappa shape index (κ1) is 18.7. The van der Waals surface area contributed by atoms with Gasteiger partial charge in [-0.15, -0.1) is 0 Å². The smallest absolute Gasteiger partial charge is 0.248 e. The number of aromatic nitrogens is 2. The van der Waals surface area contributed by atoms with Gasteiger partial charge in [0.2, 0.25) is 5.91 Å². The molecule has 0 fully saturated rings. The van der Waals surface area contributed by atoms with Crippen LogP contribution in [-0.2, 0) is 11.3 Å². The zero-order valence-electron chi connectivity index (χ0n) is 16.6. The van der Waals surface area contributed by atoms with E-state index in [-0.39, 0.29) is 5.91 Å². The maximum Gasteiger partial charge on any atom is 0.248 e. The van der Waals surface area contributed by atoms with Crippen molar-refractivity contribution >= 4 is 28.4 Å². The number of hydrogen-bond donors (Lipinski definition) is 1. The summed E-state index contributed by atoms with van der Waals surface area (Å²) in [7, 11) is 0. The first-order chi connectivity index (χ1) is 14.1. The van der Waals surface area contributed by atoms with E-state index < -0.39 is 0 Å². The van der Waals surface area contributed by atoms with Crippen LogP contribution in [0.25, 0.3) is 16.8 Å². The minimum atomic E-state index is -0.162. The van der Waals surface area contributed by atoms with Gasteiger partial charge in [-0.2, -0.15) is 5.10 Å². The van der Waals surface area contributed by atoms with Crippen molar-refractivity contribution in [2.24, 2.45) is 0 Å². The second-order valence-corrected chi connectivity index (χ2v) is 7.08. The molecule has 0 bridgehead atoms. The van der Waals surface area contributed by atoms with Crippen molar-refractivity contribution in [2.45, 2.75) is 20.4 Å². The Morgan fingerprint density at radius 1 is 0.966 bits per heavy atom. The highest BCUT2D eigenvalue weighted by molar-refractivity contribution is 6.02. The van der Waals surface area contributed by atoms with E-state index in [0.29, 0.717) is 6.54 Å². The maximum atomic E-state index is 12.4. The average molecular weight is 381 g/mol. The Bertz CT molecular complexity index is 1180. The van der Waals surface area contributed by atoms with Crippen molar-refractivity contribution in [3.8, 4) is 0 Å². The third-order valence-electron chi connectivity index (χ3n) is 5.06. The van der Waals surface area contributed by atoms with E-state index in [1.807, 2.05) is 54.9 Å². The van der Waals surface area contributed by atoms with Crippen LogP contribution in [0.2, 0.25) is 0 Å². The maximum absolute atomic E-state index is 12.4. The van der Waals surface area contributed by atoms with Crippen LogP contribution in [-0.4, -0.2) is 15.7 Å². The Hall–Kier alpha value is -3.66. The van der Waals surface area contributed by atoms with E-state index in [1.54, 1.807) is 12.2 Å². The van der Waals surface area contributed by atoms with Crippen LogP contribution in [0.1, 0.15) is 22.5 Å². The second kappa shape index (κ2) is 8.15. The van der Waals surface area contributed by atoms with E-state index >= 15 is 0 Å². The van der Waals surface area contributed by atoms with Crippen LogP contribution in [0.5, 0.6) is 0 Å². The minimum Gasteiger partial charge on any atom is -0.319 e. The normalized spacial score (nSPS) is 11.2. The van der Waals surface area contributed by atoms with Crippen LogP contribution in [0, 0.1) is 13.8 Å². The lowest BCUT2D eigenvalue weighted by Gasteiger charge is -2.09. The number of carbonyl (C=O) groups is 1. The molecule has 4 heteroatoms. The molecule has 0 saturated carbocycles. The van der Waals surface area contributed by atoms with E-state index in [1.165, 1.54) is 16.3 Å². The molecule has 4 aromatic rings. The predicted molar refractivity (Wildman–Crippen MR) is 119 cm³/mol. The fraction of sp³-hybridized carbons (Fsp3) is 0.120. The molecule has 144 valence electrons. The van der Waals surface area contributed by atoms with Crippen molar-refractivity contribution in [3.05, 3.63) is 101 Å². The number of carbonyl (C=O) groups excluding carboxylic acids is 1. The molecule has 1 amide bonds. The predicted octanol–water partition coefficient (Wildman–Crippen LogP) is 5.35. The molecule has 0 aliphatic carbocycles. The Labute approximate surface area is 170 Å². The number of rotatable bonds is 5. The Balaban J connectivity index is 1.55. The molecule has 0 saturated heterocycles. The molecule has 4 rings (SSSR count). The number of nitrogens with one attached hydrogen (secondary N) is 1. The van der Waals surface area contributed by atoms with Crippen molar-refractivity contribution in [1.29, 1.82) is 0 Å². The molecule has 0 spiro atoms. The lowest BCUT2D eigenvalue weighted by atomic mass is 10.0. The Kier molecular flexibility index (Phi) is 5.25. The van der Waals surface area contributed by atoms with Gasteiger partial charge in [-0.3, -0.25) is 9.48 Å². The summed E-state index contributed by atoms with van der Waals surface area (Å²) in [5, 5.41) is 10.1. The van der Waals surface area contributed by atoms with Gasteiger partial charge in [0.1, 0.15) is 0 Å². The van der Waals surface area contributed by atoms with Gasteiger partial charge in [-0.05, 0) is 41.8 Å². The summed E-state index contributed by atoms with van der Waals surface area (Å²) in [5.74, 6) is -0.162. The van der Waals surface area contributed by atoms with Gasteiger partial charge in [-0.25, -0.2) is 0 Å². The summed E-state index contributed by atoms with van der Waals surface area (Å²) in [6.45, 7) is 4.56. The molecule has 4 nitrogen and oxygen atoms in total. The molecule has 3 aromatic carbocycles. The summed E-state index contributed by atoms with van der Waals surface area (Å²) < 4.78 is 1.95. The molecular formula is C25H23N3O. The monoisotopic (exact) mass is 381 g/mol. The second-order valence-electron chi connectivity index (χ2n) is 7.08. The zero-order chi connectivity index (χ0) is 20.2. The van der Waals surface area contributed by atoms with Crippen LogP contribution in [0.4, 0.5) is 5.69 Å². The van der Waals surface area contributed by atoms with Gasteiger partial charge >= 0.3 is 0 Å². The number of nitrogens with zero attached hydrogens (tertiary/aromatic N) is 2.